The molecule has 1 aromatic carbocycles. The number of thiophene rings is 1. The van der Waals surface area contributed by atoms with E-state index in [-0.39, 0.29) is 16.8 Å². The van der Waals surface area contributed by atoms with E-state index in [4.69, 9.17) is 0 Å². The van der Waals surface area contributed by atoms with E-state index < -0.39 is 10.0 Å². The van der Waals surface area contributed by atoms with Crippen LogP contribution in [0.3, 0.4) is 0 Å². The maximum absolute atomic E-state index is 12.8. The molecule has 1 atom stereocenters. The highest BCUT2D eigenvalue weighted by atomic mass is 32.2. The number of nitrogens with one attached hydrogen (secondary N) is 1. The van der Waals surface area contributed by atoms with Crippen molar-refractivity contribution in [2.75, 3.05) is 14.1 Å². The first-order chi connectivity index (χ1) is 11.2. The molecule has 0 saturated carbocycles. The van der Waals surface area contributed by atoms with Crippen LogP contribution >= 0.6 is 11.3 Å². The first kappa shape index (κ1) is 18.6. The Morgan fingerprint density at radius 3 is 2.50 bits per heavy atom. The summed E-state index contributed by atoms with van der Waals surface area (Å²) in [5.74, 6) is -0.202. The summed E-state index contributed by atoms with van der Waals surface area (Å²) in [6.45, 7) is 5.51. The van der Waals surface area contributed by atoms with Crippen molar-refractivity contribution in [1.29, 1.82) is 0 Å². The predicted molar refractivity (Wildman–Crippen MR) is 97.0 cm³/mol. The van der Waals surface area contributed by atoms with Gasteiger partial charge < -0.3 is 4.90 Å². The highest BCUT2D eigenvalue weighted by molar-refractivity contribution is 7.89. The smallest absolute Gasteiger partial charge is 0.254 e. The second-order valence-electron chi connectivity index (χ2n) is 5.73. The van der Waals surface area contributed by atoms with Gasteiger partial charge in [-0.1, -0.05) is 6.07 Å². The minimum atomic E-state index is -3.62. The van der Waals surface area contributed by atoms with Crippen molar-refractivity contribution in [3.63, 3.8) is 0 Å². The highest BCUT2D eigenvalue weighted by Gasteiger charge is 2.23. The number of benzene rings is 1. The zero-order valence-corrected chi connectivity index (χ0v) is 16.1. The Kier molecular flexibility index (Phi) is 5.47. The Morgan fingerprint density at radius 1 is 1.29 bits per heavy atom. The molecule has 1 amide bonds. The Labute approximate surface area is 147 Å². The van der Waals surface area contributed by atoms with Crippen LogP contribution in [0.1, 0.15) is 39.3 Å². The van der Waals surface area contributed by atoms with Crippen molar-refractivity contribution in [2.24, 2.45) is 0 Å². The maximum atomic E-state index is 12.8. The molecule has 1 N–H and O–H groups in total. The Morgan fingerprint density at radius 2 is 1.96 bits per heavy atom. The zero-order valence-electron chi connectivity index (χ0n) is 14.5. The van der Waals surface area contributed by atoms with Gasteiger partial charge >= 0.3 is 0 Å². The van der Waals surface area contributed by atoms with E-state index in [1.165, 1.54) is 13.1 Å². The molecule has 0 radical (unpaired) electrons. The van der Waals surface area contributed by atoms with Gasteiger partial charge in [0, 0.05) is 17.5 Å². The molecule has 7 heteroatoms. The van der Waals surface area contributed by atoms with Crippen molar-refractivity contribution in [3.8, 4) is 0 Å². The Bertz CT molecular complexity index is 843. The molecule has 1 unspecified atom stereocenters. The Balaban J connectivity index is 2.43. The number of nitrogens with zero attached hydrogens (tertiary/aromatic N) is 1. The largest absolute Gasteiger partial charge is 0.334 e. The minimum Gasteiger partial charge on any atom is -0.334 e. The molecule has 24 heavy (non-hydrogen) atoms. The summed E-state index contributed by atoms with van der Waals surface area (Å²) >= 11 is 1.59. The summed E-state index contributed by atoms with van der Waals surface area (Å²) in [6.07, 6.45) is 0. The topological polar surface area (TPSA) is 66.5 Å². The summed E-state index contributed by atoms with van der Waals surface area (Å²) < 4.78 is 26.7. The lowest BCUT2D eigenvalue weighted by atomic mass is 10.0. The van der Waals surface area contributed by atoms with Crippen LogP contribution in [0.15, 0.2) is 34.5 Å². The van der Waals surface area contributed by atoms with Gasteiger partial charge in [-0.2, -0.15) is 0 Å². The molecule has 1 aromatic heterocycles. The number of aryl methyl sites for hydroxylation is 1. The number of rotatable bonds is 5. The molecule has 5 nitrogen and oxygen atoms in total. The zero-order chi connectivity index (χ0) is 18.1. The van der Waals surface area contributed by atoms with Crippen LogP contribution in [0.4, 0.5) is 0 Å². The maximum Gasteiger partial charge on any atom is 0.254 e. The van der Waals surface area contributed by atoms with E-state index in [0.29, 0.717) is 11.1 Å². The minimum absolute atomic E-state index is 0.0801. The number of carbonyl (C=O) groups is 1. The van der Waals surface area contributed by atoms with Crippen LogP contribution in [0.5, 0.6) is 0 Å². The second-order valence-corrected chi connectivity index (χ2v) is 8.57. The monoisotopic (exact) mass is 366 g/mol. The van der Waals surface area contributed by atoms with Gasteiger partial charge in [-0.3, -0.25) is 4.79 Å². The molecule has 0 fully saturated rings. The molecule has 0 aliphatic rings. The SMILES string of the molecule is CNS(=O)(=O)c1cc(C(=O)N(C)C(C)c2cccs2)cc(C)c1C. The van der Waals surface area contributed by atoms with Crippen LogP contribution in [0.2, 0.25) is 0 Å². The van der Waals surface area contributed by atoms with Gasteiger partial charge in [-0.15, -0.1) is 11.3 Å². The number of sulfonamides is 1. The van der Waals surface area contributed by atoms with Crippen LogP contribution in [0, 0.1) is 13.8 Å². The predicted octanol–water partition coefficient (Wildman–Crippen LogP) is 3.11. The number of hydrogen-bond donors (Lipinski definition) is 1. The average molecular weight is 367 g/mol. The lowest BCUT2D eigenvalue weighted by Gasteiger charge is -2.25. The summed E-state index contributed by atoms with van der Waals surface area (Å²) in [7, 11) is -0.520. The summed E-state index contributed by atoms with van der Waals surface area (Å²) in [6, 6.07) is 7.04. The molecule has 1 heterocycles. The molecule has 0 saturated heterocycles. The summed E-state index contributed by atoms with van der Waals surface area (Å²) in [5, 5.41) is 1.97. The summed E-state index contributed by atoms with van der Waals surface area (Å²) in [5.41, 5.74) is 1.79. The van der Waals surface area contributed by atoms with E-state index in [2.05, 4.69) is 4.72 Å². The fraction of sp³-hybridized carbons (Fsp3) is 0.353. The lowest BCUT2D eigenvalue weighted by Crippen LogP contribution is -2.30. The number of amides is 1. The van der Waals surface area contributed by atoms with E-state index >= 15 is 0 Å². The number of hydrogen-bond acceptors (Lipinski definition) is 4. The van der Waals surface area contributed by atoms with Crippen LogP contribution in [-0.2, 0) is 10.0 Å². The number of carbonyl (C=O) groups excluding carboxylic acids is 1. The van der Waals surface area contributed by atoms with Crippen LogP contribution in [0.25, 0.3) is 0 Å². The van der Waals surface area contributed by atoms with Crippen molar-refractivity contribution in [1.82, 2.24) is 9.62 Å². The van der Waals surface area contributed by atoms with E-state index in [0.717, 1.165) is 10.4 Å². The first-order valence-corrected chi connectivity index (χ1v) is 9.90. The van der Waals surface area contributed by atoms with Crippen molar-refractivity contribution < 1.29 is 13.2 Å². The third kappa shape index (κ3) is 3.53. The van der Waals surface area contributed by atoms with E-state index in [1.54, 1.807) is 36.3 Å². The van der Waals surface area contributed by atoms with Gasteiger partial charge in [0.15, 0.2) is 0 Å². The van der Waals surface area contributed by atoms with Gasteiger partial charge in [-0.25, -0.2) is 13.1 Å². The van der Waals surface area contributed by atoms with Crippen molar-refractivity contribution >= 4 is 27.3 Å². The van der Waals surface area contributed by atoms with Gasteiger partial charge in [0.2, 0.25) is 10.0 Å². The molecule has 2 aromatic rings. The second kappa shape index (κ2) is 7.04. The van der Waals surface area contributed by atoms with Crippen molar-refractivity contribution in [2.45, 2.75) is 31.7 Å². The van der Waals surface area contributed by atoms with Crippen LogP contribution in [-0.4, -0.2) is 33.3 Å². The van der Waals surface area contributed by atoms with Gasteiger partial charge in [0.05, 0.1) is 10.9 Å². The molecule has 2 rings (SSSR count). The third-order valence-electron chi connectivity index (χ3n) is 4.28. The molecule has 0 spiro atoms. The third-order valence-corrected chi connectivity index (χ3v) is 6.86. The van der Waals surface area contributed by atoms with Crippen molar-refractivity contribution in [3.05, 3.63) is 51.2 Å². The molecule has 0 bridgehead atoms. The normalized spacial score (nSPS) is 12.9. The van der Waals surface area contributed by atoms with Gasteiger partial charge in [0.1, 0.15) is 0 Å². The Hall–Kier alpha value is -1.70. The van der Waals surface area contributed by atoms with Gasteiger partial charge in [-0.05, 0) is 62.5 Å². The standard InChI is InChI=1S/C17H22N2O3S2/c1-11-9-14(10-16(12(11)2)24(21,22)18-4)17(20)19(5)13(3)15-7-6-8-23-15/h6-10,13,18H,1-5H3. The molecule has 0 aliphatic heterocycles. The fourth-order valence-corrected chi connectivity index (χ4v) is 4.33. The highest BCUT2D eigenvalue weighted by Crippen LogP contribution is 2.27. The first-order valence-electron chi connectivity index (χ1n) is 7.54. The van der Waals surface area contributed by atoms with E-state index in [1.807, 2.05) is 31.4 Å². The molecule has 0 aliphatic carbocycles. The average Bonchev–Trinajstić information content (AvgIpc) is 3.09. The lowest BCUT2D eigenvalue weighted by molar-refractivity contribution is 0.0744. The van der Waals surface area contributed by atoms with Crippen LogP contribution < -0.4 is 4.72 Å². The van der Waals surface area contributed by atoms with Gasteiger partial charge in [0.25, 0.3) is 5.91 Å². The molecule has 130 valence electrons. The quantitative estimate of drug-likeness (QED) is 0.884. The summed E-state index contributed by atoms with van der Waals surface area (Å²) in [4.78, 5) is 15.7. The van der Waals surface area contributed by atoms with E-state index in [9.17, 15) is 13.2 Å². The molecular weight excluding hydrogens is 344 g/mol. The fourth-order valence-electron chi connectivity index (χ4n) is 2.44. The molecular formula is C17H22N2O3S2.